The zero-order chi connectivity index (χ0) is 14.5. The molecule has 1 aromatic heterocycles. The van der Waals surface area contributed by atoms with E-state index in [9.17, 15) is 10.1 Å². The third kappa shape index (κ3) is 3.29. The molecule has 2 aromatic rings. The second kappa shape index (κ2) is 6.11. The van der Waals surface area contributed by atoms with Gasteiger partial charge in [-0.1, -0.05) is 5.21 Å². The second-order valence-corrected chi connectivity index (χ2v) is 4.23. The molecule has 0 atom stereocenters. The molecule has 8 heteroatoms. The molecule has 0 radical (unpaired) electrons. The number of aromatic nitrogens is 3. The summed E-state index contributed by atoms with van der Waals surface area (Å²) in [6.45, 7) is 1.02. The van der Waals surface area contributed by atoms with Crippen LogP contribution in [0.2, 0.25) is 0 Å². The number of methoxy groups -OCH3 is 1. The first-order valence-electron chi connectivity index (χ1n) is 5.98. The quantitative estimate of drug-likeness (QED) is 0.624. The van der Waals surface area contributed by atoms with Crippen LogP contribution in [0.3, 0.4) is 0 Å². The fourth-order valence-electron chi connectivity index (χ4n) is 1.82. The van der Waals surface area contributed by atoms with Gasteiger partial charge in [-0.25, -0.2) is 4.68 Å². The normalized spacial score (nSPS) is 10.5. The highest BCUT2D eigenvalue weighted by atomic mass is 16.6. The Balaban J connectivity index is 2.22. The van der Waals surface area contributed by atoms with Crippen LogP contribution in [0.1, 0.15) is 11.3 Å². The highest BCUT2D eigenvalue weighted by Crippen LogP contribution is 2.23. The van der Waals surface area contributed by atoms with E-state index in [0.29, 0.717) is 18.8 Å². The second-order valence-electron chi connectivity index (χ2n) is 4.23. The summed E-state index contributed by atoms with van der Waals surface area (Å²) in [7, 11) is 3.30. The molecular formula is C12H15N5O3. The Morgan fingerprint density at radius 3 is 2.90 bits per heavy atom. The first kappa shape index (κ1) is 13.9. The summed E-state index contributed by atoms with van der Waals surface area (Å²) in [5, 5.41) is 21.8. The number of ether oxygens (including phenoxy) is 1. The number of nitrogens with one attached hydrogen (secondary N) is 1. The summed E-state index contributed by atoms with van der Waals surface area (Å²) >= 11 is 0. The summed E-state index contributed by atoms with van der Waals surface area (Å²) in [4.78, 5) is 10.4. The van der Waals surface area contributed by atoms with E-state index in [-0.39, 0.29) is 5.69 Å². The van der Waals surface area contributed by atoms with Crippen molar-refractivity contribution in [1.29, 1.82) is 0 Å². The minimum atomic E-state index is -0.445. The third-order valence-electron chi connectivity index (χ3n) is 2.69. The number of nitro benzene ring substituents is 1. The Morgan fingerprint density at radius 1 is 1.45 bits per heavy atom. The molecule has 0 spiro atoms. The molecule has 0 aliphatic heterocycles. The van der Waals surface area contributed by atoms with Gasteiger partial charge in [0.15, 0.2) is 0 Å². The molecule has 0 saturated carbocycles. The maximum atomic E-state index is 10.9. The summed E-state index contributed by atoms with van der Waals surface area (Å²) in [5.41, 5.74) is 1.54. The first-order chi connectivity index (χ1) is 9.62. The van der Waals surface area contributed by atoms with Gasteiger partial charge in [0.25, 0.3) is 5.69 Å². The van der Waals surface area contributed by atoms with Gasteiger partial charge in [-0.3, -0.25) is 10.1 Å². The van der Waals surface area contributed by atoms with E-state index < -0.39 is 4.92 Å². The van der Waals surface area contributed by atoms with Gasteiger partial charge in [0, 0.05) is 12.6 Å². The number of rotatable bonds is 6. The Morgan fingerprint density at radius 2 is 2.25 bits per heavy atom. The lowest BCUT2D eigenvalue weighted by molar-refractivity contribution is -0.385. The van der Waals surface area contributed by atoms with Gasteiger partial charge in [0.2, 0.25) is 0 Å². The fourth-order valence-corrected chi connectivity index (χ4v) is 1.82. The maximum Gasteiger partial charge on any atom is 0.273 e. The lowest BCUT2D eigenvalue weighted by Crippen LogP contribution is -2.05. The molecule has 0 bridgehead atoms. The van der Waals surface area contributed by atoms with Crippen molar-refractivity contribution in [2.24, 2.45) is 0 Å². The summed E-state index contributed by atoms with van der Waals surface area (Å²) in [6.07, 6.45) is 1.79. The van der Waals surface area contributed by atoms with Crippen molar-refractivity contribution < 1.29 is 9.66 Å². The van der Waals surface area contributed by atoms with Crippen LogP contribution in [0.5, 0.6) is 5.75 Å². The molecular weight excluding hydrogens is 262 g/mol. The molecule has 20 heavy (non-hydrogen) atoms. The highest BCUT2D eigenvalue weighted by molar-refractivity contribution is 5.42. The van der Waals surface area contributed by atoms with E-state index in [1.54, 1.807) is 16.9 Å². The lowest BCUT2D eigenvalue weighted by atomic mass is 10.2. The lowest BCUT2D eigenvalue weighted by Gasteiger charge is -2.05. The number of non-ortho nitro benzene ring substituents is 1. The maximum absolute atomic E-state index is 10.9. The Kier molecular flexibility index (Phi) is 4.26. The Hall–Kier alpha value is -2.48. The molecule has 0 fully saturated rings. The van der Waals surface area contributed by atoms with Crippen molar-refractivity contribution in [3.8, 4) is 5.75 Å². The molecule has 1 aromatic carbocycles. The van der Waals surface area contributed by atoms with E-state index >= 15 is 0 Å². The summed E-state index contributed by atoms with van der Waals surface area (Å²) in [6, 6.07) is 4.63. The van der Waals surface area contributed by atoms with E-state index in [4.69, 9.17) is 4.74 Å². The predicted molar refractivity (Wildman–Crippen MR) is 71.5 cm³/mol. The van der Waals surface area contributed by atoms with E-state index in [1.807, 2.05) is 7.05 Å². The molecule has 1 N–H and O–H groups in total. The van der Waals surface area contributed by atoms with Crippen LogP contribution in [0.15, 0.2) is 24.4 Å². The topological polar surface area (TPSA) is 95.1 Å². The summed E-state index contributed by atoms with van der Waals surface area (Å²) < 4.78 is 6.70. The average Bonchev–Trinajstić information content (AvgIpc) is 2.86. The van der Waals surface area contributed by atoms with Crippen LogP contribution >= 0.6 is 0 Å². The van der Waals surface area contributed by atoms with E-state index in [2.05, 4.69) is 15.6 Å². The smallest absolute Gasteiger partial charge is 0.273 e. The van der Waals surface area contributed by atoms with Gasteiger partial charge >= 0.3 is 0 Å². The monoisotopic (exact) mass is 277 g/mol. The molecule has 0 unspecified atom stereocenters. The molecule has 0 amide bonds. The molecule has 2 rings (SSSR count). The van der Waals surface area contributed by atoms with Crippen LogP contribution in [-0.2, 0) is 13.1 Å². The minimum Gasteiger partial charge on any atom is -0.496 e. The van der Waals surface area contributed by atoms with Gasteiger partial charge in [-0.15, -0.1) is 5.10 Å². The van der Waals surface area contributed by atoms with Crippen molar-refractivity contribution in [1.82, 2.24) is 20.3 Å². The fraction of sp³-hybridized carbons (Fsp3) is 0.333. The van der Waals surface area contributed by atoms with Crippen molar-refractivity contribution in [3.63, 3.8) is 0 Å². The van der Waals surface area contributed by atoms with Crippen LogP contribution in [-0.4, -0.2) is 34.1 Å². The molecule has 0 aliphatic rings. The number of benzene rings is 1. The minimum absolute atomic E-state index is 0.00471. The third-order valence-corrected chi connectivity index (χ3v) is 2.69. The Labute approximate surface area is 115 Å². The molecule has 8 nitrogen and oxygen atoms in total. The molecule has 0 saturated heterocycles. The van der Waals surface area contributed by atoms with Crippen molar-refractivity contribution in [2.75, 3.05) is 14.2 Å². The SMILES string of the molecule is CNCc1cn(Cc2cc(OC)cc([N+](=O)[O-])c2)nn1. The number of hydrogen-bond acceptors (Lipinski definition) is 6. The highest BCUT2D eigenvalue weighted by Gasteiger charge is 2.11. The molecule has 1 heterocycles. The zero-order valence-corrected chi connectivity index (χ0v) is 11.2. The van der Waals surface area contributed by atoms with Gasteiger partial charge < -0.3 is 10.1 Å². The average molecular weight is 277 g/mol. The van der Waals surface area contributed by atoms with E-state index in [1.165, 1.54) is 19.2 Å². The van der Waals surface area contributed by atoms with Crippen LogP contribution in [0.25, 0.3) is 0 Å². The number of hydrogen-bond donors (Lipinski definition) is 1. The van der Waals surface area contributed by atoms with Crippen molar-refractivity contribution in [3.05, 3.63) is 45.8 Å². The number of nitro groups is 1. The van der Waals surface area contributed by atoms with Gasteiger partial charge in [0.1, 0.15) is 5.75 Å². The van der Waals surface area contributed by atoms with Gasteiger partial charge in [-0.05, 0) is 18.7 Å². The van der Waals surface area contributed by atoms with Crippen LogP contribution in [0.4, 0.5) is 5.69 Å². The van der Waals surface area contributed by atoms with E-state index in [0.717, 1.165) is 11.3 Å². The number of nitrogens with zero attached hydrogens (tertiary/aromatic N) is 4. The zero-order valence-electron chi connectivity index (χ0n) is 11.2. The first-order valence-corrected chi connectivity index (χ1v) is 5.98. The van der Waals surface area contributed by atoms with Crippen LogP contribution in [0, 0.1) is 10.1 Å². The van der Waals surface area contributed by atoms with Gasteiger partial charge in [0.05, 0.1) is 36.5 Å². The largest absolute Gasteiger partial charge is 0.496 e. The van der Waals surface area contributed by atoms with Gasteiger partial charge in [-0.2, -0.15) is 0 Å². The summed E-state index contributed by atoms with van der Waals surface area (Å²) in [5.74, 6) is 0.449. The standard InChI is InChI=1S/C12H15N5O3/c1-13-6-10-8-16(15-14-10)7-9-3-11(17(18)19)5-12(4-9)20-2/h3-5,8,13H,6-7H2,1-2H3. The molecule has 0 aliphatic carbocycles. The van der Waals surface area contributed by atoms with Crippen LogP contribution < -0.4 is 10.1 Å². The predicted octanol–water partition coefficient (Wildman–Crippen LogP) is 0.963. The van der Waals surface area contributed by atoms with Crippen molar-refractivity contribution in [2.45, 2.75) is 13.1 Å². The Bertz CT molecular complexity index is 611. The molecule has 106 valence electrons. The van der Waals surface area contributed by atoms with Crippen molar-refractivity contribution >= 4 is 5.69 Å².